The van der Waals surface area contributed by atoms with Gasteiger partial charge in [-0.1, -0.05) is 36.4 Å². The molecule has 0 N–H and O–H groups in total. The van der Waals surface area contributed by atoms with Crippen molar-refractivity contribution in [2.24, 2.45) is 0 Å². The number of hydrogen-bond acceptors (Lipinski definition) is 4. The fourth-order valence-corrected chi connectivity index (χ4v) is 9.87. The van der Waals surface area contributed by atoms with E-state index in [9.17, 15) is 12.8 Å². The number of halogens is 1. The molecule has 0 aliphatic rings. The zero-order chi connectivity index (χ0) is 26.8. The topological polar surface area (TPSA) is 52.6 Å². The largest absolute Gasteiger partial charge is 0.488 e. The average molecular weight is 539 g/mol. The Labute approximate surface area is 220 Å². The van der Waals surface area contributed by atoms with Gasteiger partial charge < -0.3 is 4.74 Å². The van der Waals surface area contributed by atoms with E-state index in [0.29, 0.717) is 5.75 Å². The molecule has 0 fully saturated rings. The lowest BCUT2D eigenvalue weighted by molar-refractivity contribution is 0.130. The summed E-state index contributed by atoms with van der Waals surface area (Å²) in [5, 5.41) is 0. The van der Waals surface area contributed by atoms with E-state index in [4.69, 9.17) is 8.37 Å². The lowest BCUT2D eigenvalue weighted by Crippen LogP contribution is -2.23. The van der Waals surface area contributed by atoms with Gasteiger partial charge in [0.15, 0.2) is 0 Å². The molecule has 0 aliphatic carbocycles. The summed E-state index contributed by atoms with van der Waals surface area (Å²) in [5.74, 6) is 0.173. The van der Waals surface area contributed by atoms with Gasteiger partial charge in [-0.05, 0) is 117 Å². The van der Waals surface area contributed by atoms with Crippen molar-refractivity contribution < 1.29 is 21.2 Å². The van der Waals surface area contributed by atoms with E-state index in [1.807, 2.05) is 107 Å². The van der Waals surface area contributed by atoms with Crippen LogP contribution < -0.4 is 4.74 Å². The Morgan fingerprint density at radius 1 is 0.676 bits per heavy atom. The minimum Gasteiger partial charge on any atom is -0.488 e. The normalized spacial score (nSPS) is 12.8. The quantitative estimate of drug-likeness (QED) is 0.238. The van der Waals surface area contributed by atoms with Crippen LogP contribution in [0.2, 0.25) is 0 Å². The summed E-state index contributed by atoms with van der Waals surface area (Å²) in [6, 6.07) is 27.3. The zero-order valence-corrected chi connectivity index (χ0v) is 23.2. The van der Waals surface area contributed by atoms with Crippen LogP contribution in [-0.4, -0.2) is 14.0 Å². The van der Waals surface area contributed by atoms with E-state index >= 15 is 0 Å². The first-order valence-electron chi connectivity index (χ1n) is 11.9. The molecule has 0 spiro atoms. The van der Waals surface area contributed by atoms with Gasteiger partial charge in [0.1, 0.15) is 17.2 Å². The summed E-state index contributed by atoms with van der Waals surface area (Å²) in [7, 11) is -7.12. The van der Waals surface area contributed by atoms with Gasteiger partial charge in [0.05, 0.1) is 4.90 Å². The molecule has 0 atom stereocenters. The molecule has 4 nitrogen and oxygen atoms in total. The molecule has 4 rings (SSSR count). The molecule has 0 amide bonds. The van der Waals surface area contributed by atoms with Crippen molar-refractivity contribution in [3.05, 3.63) is 114 Å². The number of ether oxygens (including phenoxy) is 1. The van der Waals surface area contributed by atoms with Crippen molar-refractivity contribution in [3.63, 3.8) is 0 Å². The van der Waals surface area contributed by atoms with Gasteiger partial charge in [0.25, 0.3) is 0 Å². The molecule has 0 heterocycles. The van der Waals surface area contributed by atoms with Gasteiger partial charge in [0.2, 0.25) is 0 Å². The monoisotopic (exact) mass is 538 g/mol. The summed E-state index contributed by atoms with van der Waals surface area (Å²) in [6.45, 7) is 9.83. The van der Waals surface area contributed by atoms with E-state index in [2.05, 4.69) is 0 Å². The van der Waals surface area contributed by atoms with Crippen molar-refractivity contribution >= 4 is 20.4 Å². The number of rotatable bonds is 7. The van der Waals surface area contributed by atoms with Crippen LogP contribution in [0.4, 0.5) is 4.39 Å². The van der Waals surface area contributed by atoms with Crippen LogP contribution in [0.25, 0.3) is 0 Å². The van der Waals surface area contributed by atoms with E-state index in [-0.39, 0.29) is 4.90 Å². The maximum atomic E-state index is 13.8. The highest BCUT2D eigenvalue weighted by Crippen LogP contribution is 2.71. The predicted molar refractivity (Wildman–Crippen MR) is 146 cm³/mol. The van der Waals surface area contributed by atoms with E-state index < -0.39 is 31.8 Å². The van der Waals surface area contributed by atoms with E-state index in [1.54, 1.807) is 0 Å². The number of aryl methyl sites for hydroxylation is 2. The Bertz CT molecular complexity index is 1420. The van der Waals surface area contributed by atoms with Gasteiger partial charge in [0, 0.05) is 14.7 Å². The van der Waals surface area contributed by atoms with Crippen molar-refractivity contribution in [2.45, 2.75) is 59.8 Å². The molecule has 0 aliphatic heterocycles. The summed E-state index contributed by atoms with van der Waals surface area (Å²) >= 11 is 0. The molecular weight excluding hydrogens is 507 g/mol. The first-order valence-corrected chi connectivity index (χ1v) is 14.8. The lowest BCUT2D eigenvalue weighted by Gasteiger charge is -2.41. The minimum atomic E-state index is -4.31. The highest BCUT2D eigenvalue weighted by Gasteiger charge is 2.40. The summed E-state index contributed by atoms with van der Waals surface area (Å²) in [4.78, 5) is 2.11. The lowest BCUT2D eigenvalue weighted by atomic mass is 10.1. The van der Waals surface area contributed by atoms with Crippen LogP contribution in [-0.2, 0) is 13.7 Å². The molecule has 0 aromatic heterocycles. The van der Waals surface area contributed by atoms with E-state index in [1.165, 1.54) is 12.1 Å². The van der Waals surface area contributed by atoms with Crippen LogP contribution in [0.3, 0.4) is 0 Å². The fourth-order valence-electron chi connectivity index (χ4n) is 4.26. The standard InChI is InChI=1S/C30H31FO4S2/c1-22-20-25(34-30(3,4)5)21-23(2)29(22)36(26-12-8-6-9-13-26,27-14-10-7-11-15-27)35-37(32,33)28-18-16-24(31)17-19-28/h6-21H,1-5H3. The molecule has 0 saturated heterocycles. The summed E-state index contributed by atoms with van der Waals surface area (Å²) in [5.41, 5.74) is 1.29. The number of benzene rings is 4. The van der Waals surface area contributed by atoms with Gasteiger partial charge in [-0.2, -0.15) is 8.42 Å². The second-order valence-corrected chi connectivity index (χ2v) is 14.1. The highest BCUT2D eigenvalue weighted by molar-refractivity contribution is 8.33. The molecule has 0 saturated carbocycles. The molecule has 0 radical (unpaired) electrons. The summed E-state index contributed by atoms with van der Waals surface area (Å²) in [6.07, 6.45) is 0. The minimum absolute atomic E-state index is 0.111. The Hall–Kier alpha value is -3.13. The second-order valence-electron chi connectivity index (χ2n) is 9.76. The van der Waals surface area contributed by atoms with Crippen molar-refractivity contribution in [1.29, 1.82) is 0 Å². The van der Waals surface area contributed by atoms with Crippen LogP contribution in [0.5, 0.6) is 5.75 Å². The molecular formula is C30H31FO4S2. The van der Waals surface area contributed by atoms with Crippen LogP contribution in [0.15, 0.2) is 117 Å². The van der Waals surface area contributed by atoms with E-state index in [0.717, 1.165) is 37.9 Å². The van der Waals surface area contributed by atoms with Crippen LogP contribution in [0.1, 0.15) is 31.9 Å². The third-order valence-electron chi connectivity index (χ3n) is 5.59. The van der Waals surface area contributed by atoms with Gasteiger partial charge in [-0.3, -0.25) is 0 Å². The van der Waals surface area contributed by atoms with Crippen LogP contribution >= 0.6 is 10.3 Å². The first kappa shape index (κ1) is 26.9. The highest BCUT2D eigenvalue weighted by atomic mass is 32.3. The molecule has 0 unspecified atom stereocenters. The summed E-state index contributed by atoms with van der Waals surface area (Å²) < 4.78 is 53.8. The fraction of sp³-hybridized carbons (Fsp3) is 0.200. The van der Waals surface area contributed by atoms with Crippen molar-refractivity contribution in [3.8, 4) is 5.75 Å². The van der Waals surface area contributed by atoms with Gasteiger partial charge >= 0.3 is 10.1 Å². The second kappa shape index (κ2) is 10.3. The van der Waals surface area contributed by atoms with Gasteiger partial charge in [-0.25, -0.2) is 8.02 Å². The zero-order valence-electron chi connectivity index (χ0n) is 21.6. The average Bonchev–Trinajstić information content (AvgIpc) is 2.83. The molecule has 194 valence electrons. The molecule has 7 heteroatoms. The third kappa shape index (κ3) is 5.74. The van der Waals surface area contributed by atoms with Crippen molar-refractivity contribution in [2.75, 3.05) is 0 Å². The predicted octanol–water partition coefficient (Wildman–Crippen LogP) is 8.22. The third-order valence-corrected chi connectivity index (χ3v) is 11.1. The maximum Gasteiger partial charge on any atom is 0.307 e. The Morgan fingerprint density at radius 3 is 1.57 bits per heavy atom. The molecule has 4 aromatic rings. The SMILES string of the molecule is Cc1cc(OC(C)(C)C)cc(C)c1S(OS(=O)(=O)c1ccc(F)cc1)(c1ccccc1)c1ccccc1. The van der Waals surface area contributed by atoms with Crippen LogP contribution in [0, 0.1) is 19.7 Å². The first-order chi connectivity index (χ1) is 17.4. The smallest absolute Gasteiger partial charge is 0.307 e. The van der Waals surface area contributed by atoms with Gasteiger partial charge in [-0.15, -0.1) is 0 Å². The maximum absolute atomic E-state index is 13.8. The Morgan fingerprint density at radius 2 is 1.14 bits per heavy atom. The Balaban J connectivity index is 2.04. The molecule has 0 bridgehead atoms. The Kier molecular flexibility index (Phi) is 7.51. The van der Waals surface area contributed by atoms with Crippen molar-refractivity contribution in [1.82, 2.24) is 0 Å². The molecule has 37 heavy (non-hydrogen) atoms. The number of hydrogen-bond donors (Lipinski definition) is 0. The molecule has 4 aromatic carbocycles.